The molecule has 0 aromatic carbocycles. The van der Waals surface area contributed by atoms with Crippen molar-refractivity contribution in [3.63, 3.8) is 0 Å². The van der Waals surface area contributed by atoms with E-state index in [0.717, 1.165) is 10.6 Å². The van der Waals surface area contributed by atoms with Gasteiger partial charge < -0.3 is 0 Å². The number of pyridine rings is 1. The number of hydrogen-bond donors (Lipinski definition) is 1. The Labute approximate surface area is 70.8 Å². The summed E-state index contributed by atoms with van der Waals surface area (Å²) in [7, 11) is 0. The van der Waals surface area contributed by atoms with Crippen molar-refractivity contribution in [1.29, 1.82) is 0 Å². The summed E-state index contributed by atoms with van der Waals surface area (Å²) >= 11 is 0. The number of nitrogens with zero attached hydrogens (tertiary/aromatic N) is 2. The molecule has 0 fully saturated rings. The van der Waals surface area contributed by atoms with Crippen LogP contribution in [0.5, 0.6) is 0 Å². The fourth-order valence-electron chi connectivity index (χ4n) is 1.08. The van der Waals surface area contributed by atoms with Crippen LogP contribution >= 0.6 is 0 Å². The molecule has 2 heterocycles. The normalized spacial score (nSPS) is 11.3. The summed E-state index contributed by atoms with van der Waals surface area (Å²) in [6.07, 6.45) is -1.37. The topological polar surface area (TPSA) is 50.2 Å². The lowest BCUT2D eigenvalue weighted by Gasteiger charge is -1.97. The molecular formula is C7H5F2N3O. The van der Waals surface area contributed by atoms with E-state index in [1.165, 1.54) is 12.4 Å². The highest BCUT2D eigenvalue weighted by Crippen LogP contribution is 2.17. The van der Waals surface area contributed by atoms with Crippen molar-refractivity contribution in [2.45, 2.75) is 6.43 Å². The predicted molar refractivity (Wildman–Crippen MR) is 40.8 cm³/mol. The first-order chi connectivity index (χ1) is 6.18. The third-order valence-corrected chi connectivity index (χ3v) is 1.67. The maximum atomic E-state index is 12.2. The SMILES string of the molecule is O=c1cc(C(F)F)cc2nc[nH]n12. The first kappa shape index (κ1) is 7.90. The lowest BCUT2D eigenvalue weighted by Crippen LogP contribution is -2.13. The number of aromatic nitrogens is 3. The van der Waals surface area contributed by atoms with Crippen LogP contribution in [0, 0.1) is 0 Å². The lowest BCUT2D eigenvalue weighted by atomic mass is 10.3. The van der Waals surface area contributed by atoms with Gasteiger partial charge in [0.1, 0.15) is 6.33 Å². The maximum Gasteiger partial charge on any atom is 0.271 e. The Morgan fingerprint density at radius 1 is 1.46 bits per heavy atom. The zero-order valence-corrected chi connectivity index (χ0v) is 6.37. The van der Waals surface area contributed by atoms with Crippen LogP contribution in [0.25, 0.3) is 5.65 Å². The van der Waals surface area contributed by atoms with Gasteiger partial charge in [0.15, 0.2) is 5.65 Å². The number of fused-ring (bicyclic) bond motifs is 1. The van der Waals surface area contributed by atoms with Crippen LogP contribution in [0.2, 0.25) is 0 Å². The number of hydrogen-bond acceptors (Lipinski definition) is 2. The zero-order chi connectivity index (χ0) is 9.42. The number of rotatable bonds is 1. The first-order valence-electron chi connectivity index (χ1n) is 3.53. The fraction of sp³-hybridized carbons (Fsp3) is 0.143. The summed E-state index contributed by atoms with van der Waals surface area (Å²) in [5, 5.41) is 2.50. The van der Waals surface area contributed by atoms with Crippen LogP contribution in [-0.2, 0) is 0 Å². The van der Waals surface area contributed by atoms with Gasteiger partial charge in [0.25, 0.3) is 12.0 Å². The van der Waals surface area contributed by atoms with Crippen LogP contribution in [0.15, 0.2) is 23.3 Å². The van der Waals surface area contributed by atoms with E-state index in [1.807, 2.05) is 0 Å². The third kappa shape index (κ3) is 1.20. The summed E-state index contributed by atoms with van der Waals surface area (Å²) in [6, 6.07) is 2.05. The summed E-state index contributed by atoms with van der Waals surface area (Å²) in [5.74, 6) is 0. The quantitative estimate of drug-likeness (QED) is 0.719. The molecule has 2 rings (SSSR count). The minimum absolute atomic E-state index is 0.197. The van der Waals surface area contributed by atoms with E-state index in [0.29, 0.717) is 0 Å². The van der Waals surface area contributed by atoms with Gasteiger partial charge in [0, 0.05) is 11.6 Å². The highest BCUT2D eigenvalue weighted by Gasteiger charge is 2.10. The van der Waals surface area contributed by atoms with E-state index in [1.54, 1.807) is 0 Å². The van der Waals surface area contributed by atoms with Crippen LogP contribution < -0.4 is 5.56 Å². The predicted octanol–water partition coefficient (Wildman–Crippen LogP) is 0.960. The molecule has 0 spiro atoms. The first-order valence-corrected chi connectivity index (χ1v) is 3.53. The van der Waals surface area contributed by atoms with E-state index < -0.39 is 12.0 Å². The molecule has 6 heteroatoms. The standard InChI is InChI=1S/C7H5F2N3O/c8-7(9)4-1-5-10-3-11-12(5)6(13)2-4/h1-3,7H,(H,10,11). The molecule has 0 radical (unpaired) electrons. The van der Waals surface area contributed by atoms with Crippen molar-refractivity contribution < 1.29 is 8.78 Å². The van der Waals surface area contributed by atoms with Gasteiger partial charge in [-0.3, -0.25) is 9.89 Å². The molecule has 0 amide bonds. The van der Waals surface area contributed by atoms with Gasteiger partial charge in [0.2, 0.25) is 0 Å². The number of halogens is 2. The van der Waals surface area contributed by atoms with E-state index in [9.17, 15) is 13.6 Å². The van der Waals surface area contributed by atoms with E-state index >= 15 is 0 Å². The second-order valence-electron chi connectivity index (χ2n) is 2.51. The number of H-pyrrole nitrogens is 1. The zero-order valence-electron chi connectivity index (χ0n) is 6.37. The average Bonchev–Trinajstić information content (AvgIpc) is 2.51. The monoisotopic (exact) mass is 185 g/mol. The molecule has 0 atom stereocenters. The summed E-state index contributed by atoms with van der Waals surface area (Å²) < 4.78 is 25.5. The molecule has 13 heavy (non-hydrogen) atoms. The average molecular weight is 185 g/mol. The molecule has 4 nitrogen and oxygen atoms in total. The molecule has 0 saturated heterocycles. The molecule has 0 aliphatic rings. The smallest absolute Gasteiger partial charge is 0.271 e. The largest absolute Gasteiger partial charge is 0.279 e. The van der Waals surface area contributed by atoms with Gasteiger partial charge in [-0.1, -0.05) is 0 Å². The van der Waals surface area contributed by atoms with Crippen LogP contribution in [0.1, 0.15) is 12.0 Å². The summed E-state index contributed by atoms with van der Waals surface area (Å²) in [4.78, 5) is 14.8. The second kappa shape index (κ2) is 2.65. The van der Waals surface area contributed by atoms with Gasteiger partial charge in [-0.25, -0.2) is 18.3 Å². The molecule has 0 saturated carbocycles. The fourth-order valence-corrected chi connectivity index (χ4v) is 1.08. The molecule has 0 bridgehead atoms. The Morgan fingerprint density at radius 3 is 2.92 bits per heavy atom. The van der Waals surface area contributed by atoms with Crippen molar-refractivity contribution in [3.8, 4) is 0 Å². The van der Waals surface area contributed by atoms with Crippen molar-refractivity contribution >= 4 is 5.65 Å². The van der Waals surface area contributed by atoms with Gasteiger partial charge in [0.05, 0.1) is 0 Å². The lowest BCUT2D eigenvalue weighted by molar-refractivity contribution is 0.151. The van der Waals surface area contributed by atoms with Crippen LogP contribution in [0.3, 0.4) is 0 Å². The molecule has 2 aromatic heterocycles. The van der Waals surface area contributed by atoms with Crippen molar-refractivity contribution in [2.75, 3.05) is 0 Å². The third-order valence-electron chi connectivity index (χ3n) is 1.67. The van der Waals surface area contributed by atoms with Gasteiger partial charge in [-0.15, -0.1) is 0 Å². The van der Waals surface area contributed by atoms with Gasteiger partial charge in [-0.2, -0.15) is 0 Å². The number of aromatic amines is 1. The molecule has 0 aliphatic heterocycles. The van der Waals surface area contributed by atoms with E-state index in [2.05, 4.69) is 10.1 Å². The Morgan fingerprint density at radius 2 is 2.23 bits per heavy atom. The number of alkyl halides is 2. The maximum absolute atomic E-state index is 12.2. The van der Waals surface area contributed by atoms with Gasteiger partial charge in [-0.05, 0) is 6.07 Å². The molecule has 68 valence electrons. The van der Waals surface area contributed by atoms with Crippen molar-refractivity contribution in [2.24, 2.45) is 0 Å². The molecule has 2 aromatic rings. The molecule has 0 aliphatic carbocycles. The Balaban J connectivity index is 2.77. The van der Waals surface area contributed by atoms with E-state index in [-0.39, 0.29) is 11.2 Å². The Bertz CT molecular complexity index is 488. The van der Waals surface area contributed by atoms with Crippen LogP contribution in [0.4, 0.5) is 8.78 Å². The highest BCUT2D eigenvalue weighted by molar-refractivity contribution is 5.39. The Hall–Kier alpha value is -1.72. The van der Waals surface area contributed by atoms with Crippen LogP contribution in [-0.4, -0.2) is 14.6 Å². The van der Waals surface area contributed by atoms with E-state index in [4.69, 9.17) is 0 Å². The second-order valence-corrected chi connectivity index (χ2v) is 2.51. The summed E-state index contributed by atoms with van der Waals surface area (Å²) in [5.41, 5.74) is -0.648. The Kier molecular flexibility index (Phi) is 1.61. The molecule has 1 N–H and O–H groups in total. The minimum Gasteiger partial charge on any atom is -0.279 e. The summed E-state index contributed by atoms with van der Waals surface area (Å²) in [6.45, 7) is 0. The van der Waals surface area contributed by atoms with Crippen molar-refractivity contribution in [1.82, 2.24) is 14.6 Å². The van der Waals surface area contributed by atoms with Crippen molar-refractivity contribution in [3.05, 3.63) is 34.4 Å². The molecular weight excluding hydrogens is 180 g/mol. The van der Waals surface area contributed by atoms with Gasteiger partial charge >= 0.3 is 0 Å². The number of nitrogens with one attached hydrogen (secondary N) is 1. The molecule has 0 unspecified atom stereocenters. The highest BCUT2D eigenvalue weighted by atomic mass is 19.3. The minimum atomic E-state index is -2.64.